The topological polar surface area (TPSA) is 96.0 Å². The highest BCUT2D eigenvalue weighted by atomic mass is 32.2. The second kappa shape index (κ2) is 9.99. The zero-order chi connectivity index (χ0) is 22.6. The lowest BCUT2D eigenvalue weighted by Gasteiger charge is -2.33. The highest BCUT2D eigenvalue weighted by Gasteiger charge is 2.34. The van der Waals surface area contributed by atoms with Crippen LogP contribution in [0.2, 0.25) is 0 Å². The van der Waals surface area contributed by atoms with E-state index in [0.717, 1.165) is 32.1 Å². The Hall–Kier alpha value is -2.13. The fourth-order valence-electron chi connectivity index (χ4n) is 4.38. The van der Waals surface area contributed by atoms with Crippen molar-refractivity contribution < 1.29 is 22.7 Å². The van der Waals surface area contributed by atoms with Crippen molar-refractivity contribution in [1.29, 1.82) is 0 Å². The third-order valence-corrected chi connectivity index (χ3v) is 8.32. The molecule has 1 aromatic rings. The molecule has 1 aromatic carbocycles. The highest BCUT2D eigenvalue weighted by Crippen LogP contribution is 2.32. The van der Waals surface area contributed by atoms with Crippen LogP contribution in [0.1, 0.15) is 56.3 Å². The van der Waals surface area contributed by atoms with Gasteiger partial charge >= 0.3 is 0 Å². The van der Waals surface area contributed by atoms with E-state index in [1.165, 1.54) is 24.4 Å². The zero-order valence-corrected chi connectivity index (χ0v) is 19.4. The molecule has 1 N–H and O–H groups in total. The van der Waals surface area contributed by atoms with Crippen LogP contribution in [-0.2, 0) is 14.8 Å². The molecule has 0 saturated carbocycles. The van der Waals surface area contributed by atoms with Crippen molar-refractivity contribution in [2.75, 3.05) is 33.3 Å². The van der Waals surface area contributed by atoms with E-state index < -0.39 is 10.0 Å². The van der Waals surface area contributed by atoms with Crippen molar-refractivity contribution in [1.82, 2.24) is 14.5 Å². The number of benzene rings is 1. The second-order valence-electron chi connectivity index (χ2n) is 8.50. The molecule has 1 atom stereocenters. The quantitative estimate of drug-likeness (QED) is 0.716. The Morgan fingerprint density at radius 1 is 1.13 bits per heavy atom. The van der Waals surface area contributed by atoms with Crippen LogP contribution in [0.25, 0.3) is 0 Å². The van der Waals surface area contributed by atoms with Crippen LogP contribution in [0, 0.1) is 5.92 Å². The Kier molecular flexibility index (Phi) is 7.59. The molecule has 172 valence electrons. The van der Waals surface area contributed by atoms with E-state index >= 15 is 0 Å². The van der Waals surface area contributed by atoms with Crippen LogP contribution in [0.15, 0.2) is 23.1 Å². The maximum absolute atomic E-state index is 13.4. The van der Waals surface area contributed by atoms with Crippen LogP contribution in [0.4, 0.5) is 0 Å². The molecule has 0 spiro atoms. The largest absolute Gasteiger partial charge is 0.495 e. The van der Waals surface area contributed by atoms with Gasteiger partial charge in [0.25, 0.3) is 5.91 Å². The number of piperidine rings is 2. The Morgan fingerprint density at radius 2 is 1.84 bits per heavy atom. The number of amides is 2. The average Bonchev–Trinajstić information content (AvgIpc) is 2.77. The fraction of sp³-hybridized carbons (Fsp3) is 0.636. The first-order valence-electron chi connectivity index (χ1n) is 11.0. The molecule has 2 aliphatic heterocycles. The number of hydrogen-bond donors (Lipinski definition) is 1. The van der Waals surface area contributed by atoms with Gasteiger partial charge in [0.05, 0.1) is 7.11 Å². The molecule has 0 aliphatic carbocycles. The Labute approximate surface area is 185 Å². The fourth-order valence-corrected chi connectivity index (χ4v) is 6.26. The first-order valence-corrected chi connectivity index (χ1v) is 12.4. The summed E-state index contributed by atoms with van der Waals surface area (Å²) in [6.45, 7) is 5.69. The summed E-state index contributed by atoms with van der Waals surface area (Å²) in [4.78, 5) is 26.0. The van der Waals surface area contributed by atoms with Gasteiger partial charge in [-0.1, -0.05) is 6.42 Å². The highest BCUT2D eigenvalue weighted by molar-refractivity contribution is 7.89. The summed E-state index contributed by atoms with van der Waals surface area (Å²) in [7, 11) is -2.33. The van der Waals surface area contributed by atoms with Gasteiger partial charge in [0, 0.05) is 44.7 Å². The van der Waals surface area contributed by atoms with E-state index in [1.807, 2.05) is 6.92 Å². The van der Waals surface area contributed by atoms with Crippen molar-refractivity contribution in [2.24, 2.45) is 5.92 Å². The SMILES string of the molecule is COc1ccc(C(=O)N2CCC(CNC(C)=O)CC2)cc1S(=O)(=O)N1CCCCC1C. The lowest BCUT2D eigenvalue weighted by molar-refractivity contribution is -0.119. The maximum Gasteiger partial charge on any atom is 0.253 e. The number of methoxy groups -OCH3 is 1. The van der Waals surface area contributed by atoms with Gasteiger partial charge in [0.2, 0.25) is 15.9 Å². The molecule has 2 amide bonds. The number of nitrogens with one attached hydrogen (secondary N) is 1. The van der Waals surface area contributed by atoms with Crippen molar-refractivity contribution in [3.63, 3.8) is 0 Å². The molecule has 0 aromatic heterocycles. The Bertz CT molecular complexity index is 910. The predicted molar refractivity (Wildman–Crippen MR) is 118 cm³/mol. The van der Waals surface area contributed by atoms with Crippen molar-refractivity contribution >= 4 is 21.8 Å². The van der Waals surface area contributed by atoms with Crippen LogP contribution in [0.5, 0.6) is 5.75 Å². The number of rotatable bonds is 6. The van der Waals surface area contributed by atoms with E-state index in [4.69, 9.17) is 4.74 Å². The van der Waals surface area contributed by atoms with Crippen LogP contribution in [-0.4, -0.2) is 68.8 Å². The molecule has 2 heterocycles. The van der Waals surface area contributed by atoms with Gasteiger partial charge in [-0.05, 0) is 56.7 Å². The molecule has 0 radical (unpaired) electrons. The summed E-state index contributed by atoms with van der Waals surface area (Å²) >= 11 is 0. The van der Waals surface area contributed by atoms with E-state index in [0.29, 0.717) is 37.7 Å². The Morgan fingerprint density at radius 3 is 2.45 bits per heavy atom. The average molecular weight is 452 g/mol. The molecule has 0 bridgehead atoms. The van der Waals surface area contributed by atoms with Gasteiger partial charge in [-0.2, -0.15) is 4.31 Å². The molecule has 1 unspecified atom stereocenters. The molecule has 9 heteroatoms. The molecule has 31 heavy (non-hydrogen) atoms. The third-order valence-electron chi connectivity index (χ3n) is 6.28. The number of hydrogen-bond acceptors (Lipinski definition) is 5. The number of ether oxygens (including phenoxy) is 1. The number of likely N-dealkylation sites (tertiary alicyclic amines) is 1. The van der Waals surface area contributed by atoms with Gasteiger partial charge in [-0.3, -0.25) is 9.59 Å². The normalized spacial score (nSPS) is 21.0. The van der Waals surface area contributed by atoms with Crippen LogP contribution >= 0.6 is 0 Å². The molecule has 3 rings (SSSR count). The summed E-state index contributed by atoms with van der Waals surface area (Å²) in [5.41, 5.74) is 0.351. The third kappa shape index (κ3) is 5.38. The monoisotopic (exact) mass is 451 g/mol. The van der Waals surface area contributed by atoms with Gasteiger partial charge in [-0.25, -0.2) is 8.42 Å². The lowest BCUT2D eigenvalue weighted by Crippen LogP contribution is -2.42. The molecular formula is C22H33N3O5S. The van der Waals surface area contributed by atoms with Crippen molar-refractivity contribution in [3.8, 4) is 5.75 Å². The molecule has 8 nitrogen and oxygen atoms in total. The summed E-state index contributed by atoms with van der Waals surface area (Å²) in [6.07, 6.45) is 4.28. The van der Waals surface area contributed by atoms with Crippen molar-refractivity contribution in [2.45, 2.75) is 56.9 Å². The number of carbonyl (C=O) groups excluding carboxylic acids is 2. The van der Waals surface area contributed by atoms with Gasteiger partial charge in [0.1, 0.15) is 10.6 Å². The smallest absolute Gasteiger partial charge is 0.253 e. The second-order valence-corrected chi connectivity index (χ2v) is 10.4. The molecule has 2 aliphatic rings. The molecular weight excluding hydrogens is 418 g/mol. The van der Waals surface area contributed by atoms with E-state index in [-0.39, 0.29) is 28.5 Å². The summed E-state index contributed by atoms with van der Waals surface area (Å²) in [6, 6.07) is 4.58. The minimum Gasteiger partial charge on any atom is -0.495 e. The number of sulfonamides is 1. The summed E-state index contributed by atoms with van der Waals surface area (Å²) in [5.74, 6) is 0.376. The van der Waals surface area contributed by atoms with E-state index in [9.17, 15) is 18.0 Å². The van der Waals surface area contributed by atoms with Crippen LogP contribution < -0.4 is 10.1 Å². The van der Waals surface area contributed by atoms with Crippen LogP contribution in [0.3, 0.4) is 0 Å². The van der Waals surface area contributed by atoms with Gasteiger partial charge in [0.15, 0.2) is 0 Å². The lowest BCUT2D eigenvalue weighted by atomic mass is 9.96. The number of nitrogens with zero attached hydrogens (tertiary/aromatic N) is 2. The molecule has 2 fully saturated rings. The van der Waals surface area contributed by atoms with Gasteiger partial charge in [-0.15, -0.1) is 0 Å². The minimum absolute atomic E-state index is 0.0477. The zero-order valence-electron chi connectivity index (χ0n) is 18.6. The summed E-state index contributed by atoms with van der Waals surface area (Å²) in [5, 5.41) is 2.83. The predicted octanol–water partition coefficient (Wildman–Crippen LogP) is 2.25. The van der Waals surface area contributed by atoms with E-state index in [1.54, 1.807) is 17.0 Å². The van der Waals surface area contributed by atoms with E-state index in [2.05, 4.69) is 5.32 Å². The van der Waals surface area contributed by atoms with Crippen molar-refractivity contribution in [3.05, 3.63) is 23.8 Å². The standard InChI is InChI=1S/C22H33N3O5S/c1-16-6-4-5-11-25(16)31(28,29)21-14-19(7-8-20(21)30-3)22(27)24-12-9-18(10-13-24)15-23-17(2)26/h7-8,14,16,18H,4-6,9-13,15H2,1-3H3,(H,23,26). The minimum atomic E-state index is -3.77. The molecule has 2 saturated heterocycles. The Balaban J connectivity index is 1.77. The maximum atomic E-state index is 13.4. The first kappa shape index (κ1) is 23.5. The van der Waals surface area contributed by atoms with Gasteiger partial charge < -0.3 is 15.0 Å². The first-order chi connectivity index (χ1) is 14.7. The summed E-state index contributed by atoms with van der Waals surface area (Å²) < 4.78 is 33.6. The number of carbonyl (C=O) groups is 2.